The van der Waals surface area contributed by atoms with Crippen LogP contribution >= 0.6 is 0 Å². The molecule has 7 nitrogen and oxygen atoms in total. The highest BCUT2D eigenvalue weighted by Gasteiger charge is 2.13. The second kappa shape index (κ2) is 10.4. The van der Waals surface area contributed by atoms with E-state index in [4.69, 9.17) is 9.41 Å². The Morgan fingerprint density at radius 1 is 0.941 bits per heavy atom. The third kappa shape index (κ3) is 5.18. The summed E-state index contributed by atoms with van der Waals surface area (Å²) in [5.41, 5.74) is 5.02. The summed E-state index contributed by atoms with van der Waals surface area (Å²) >= 11 is 0. The van der Waals surface area contributed by atoms with Crippen molar-refractivity contribution in [1.29, 1.82) is 0 Å². The molecule has 0 fully saturated rings. The van der Waals surface area contributed by atoms with Gasteiger partial charge in [-0.05, 0) is 24.1 Å². The number of hydrogen-bond acceptors (Lipinski definition) is 7. The quantitative estimate of drug-likeness (QED) is 0.334. The first-order valence-electron chi connectivity index (χ1n) is 11.4. The molecule has 0 amide bonds. The fourth-order valence-corrected chi connectivity index (χ4v) is 3.83. The Morgan fingerprint density at radius 3 is 2.71 bits per heavy atom. The number of oxazole rings is 1. The van der Waals surface area contributed by atoms with Crippen LogP contribution in [0.15, 0.2) is 76.4 Å². The molecule has 1 aliphatic rings. The molecule has 1 aromatic carbocycles. The average Bonchev–Trinajstić information content (AvgIpc) is 3.51. The molecule has 0 unspecified atom stereocenters. The fraction of sp³-hybridized carbons (Fsp3) is 0.231. The molecule has 5 rings (SSSR count). The van der Waals surface area contributed by atoms with Gasteiger partial charge >= 0.3 is 0 Å². The van der Waals surface area contributed by atoms with Crippen LogP contribution in [0.5, 0.6) is 0 Å². The minimum atomic E-state index is -0.357. The monoisotopic (exact) mass is 456 g/mol. The minimum absolute atomic E-state index is 0.216. The zero-order valence-corrected chi connectivity index (χ0v) is 18.7. The summed E-state index contributed by atoms with van der Waals surface area (Å²) in [4.78, 5) is 17.7. The van der Waals surface area contributed by atoms with Gasteiger partial charge in [0.05, 0.1) is 17.9 Å². The number of rotatable bonds is 10. The summed E-state index contributed by atoms with van der Waals surface area (Å²) < 4.78 is 19.7. The summed E-state index contributed by atoms with van der Waals surface area (Å²) in [6.45, 7) is 1.81. The maximum atomic E-state index is 13.8. The zero-order chi connectivity index (χ0) is 23.2. The second-order valence-corrected chi connectivity index (χ2v) is 7.99. The number of aliphatic imine (C=N–C) groups is 1. The van der Waals surface area contributed by atoms with Crippen LogP contribution in [0.1, 0.15) is 30.0 Å². The molecule has 0 bridgehead atoms. The molecule has 4 aromatic rings. The van der Waals surface area contributed by atoms with Crippen molar-refractivity contribution in [2.45, 2.75) is 25.8 Å². The van der Waals surface area contributed by atoms with Gasteiger partial charge in [-0.2, -0.15) is 0 Å². The first-order chi connectivity index (χ1) is 16.8. The Balaban J connectivity index is 1.11. The average molecular weight is 457 g/mol. The first-order valence-corrected chi connectivity index (χ1v) is 11.4. The number of anilines is 1. The number of fused-ring (bicyclic) bond motifs is 1. The summed E-state index contributed by atoms with van der Waals surface area (Å²) in [5.74, 6) is 0.824. The molecule has 0 radical (unpaired) electrons. The van der Waals surface area contributed by atoms with Crippen LogP contribution in [0.4, 0.5) is 10.2 Å². The molecule has 4 heterocycles. The maximum absolute atomic E-state index is 13.8. The highest BCUT2D eigenvalue weighted by Crippen LogP contribution is 2.23. The van der Waals surface area contributed by atoms with Gasteiger partial charge in [-0.3, -0.25) is 9.98 Å². The number of halogens is 1. The number of allylic oxidation sites excluding steroid dienone is 1. The van der Waals surface area contributed by atoms with Crippen LogP contribution in [0.2, 0.25) is 0 Å². The lowest BCUT2D eigenvalue weighted by Gasteiger charge is -2.05. The lowest BCUT2D eigenvalue weighted by atomic mass is 10.1. The lowest BCUT2D eigenvalue weighted by Crippen LogP contribution is -2.20. The number of hydrogen-bond donors (Lipinski definition) is 2. The third-order valence-electron chi connectivity index (χ3n) is 5.59. The fourth-order valence-electron chi connectivity index (χ4n) is 3.83. The normalized spacial score (nSPS) is 13.2. The standard InChI is InChI=1S/C26H25FN6O/c27-20-7-4-13-29-22(20)17-31-26-25-23(11-16-30-26)34-24(33-25)12-15-28-14-10-19-8-9-21(32-19)18-5-2-1-3-6-18/h1-7,9,11,13,16,28H,8,10,12,14-15,17H2,(H,30,31). The minimum Gasteiger partial charge on any atom is -0.440 e. The topological polar surface area (TPSA) is 88.2 Å². The summed E-state index contributed by atoms with van der Waals surface area (Å²) in [6, 6.07) is 15.0. The van der Waals surface area contributed by atoms with Gasteiger partial charge in [-0.15, -0.1) is 0 Å². The van der Waals surface area contributed by atoms with Crippen LogP contribution in [0, 0.1) is 5.82 Å². The number of nitrogens with one attached hydrogen (secondary N) is 2. The van der Waals surface area contributed by atoms with E-state index in [-0.39, 0.29) is 12.4 Å². The van der Waals surface area contributed by atoms with E-state index in [0.29, 0.717) is 34.9 Å². The molecule has 34 heavy (non-hydrogen) atoms. The third-order valence-corrected chi connectivity index (χ3v) is 5.59. The molecule has 1 aliphatic heterocycles. The highest BCUT2D eigenvalue weighted by molar-refractivity contribution is 5.95. The van der Waals surface area contributed by atoms with Gasteiger partial charge in [0.1, 0.15) is 5.82 Å². The number of benzene rings is 1. The van der Waals surface area contributed by atoms with Gasteiger partial charge < -0.3 is 15.1 Å². The van der Waals surface area contributed by atoms with Crippen LogP contribution in [-0.2, 0) is 13.0 Å². The molecule has 0 atom stereocenters. The summed E-state index contributed by atoms with van der Waals surface area (Å²) in [6.07, 6.45) is 7.86. The van der Waals surface area contributed by atoms with Crippen LogP contribution < -0.4 is 10.6 Å². The van der Waals surface area contributed by atoms with Gasteiger partial charge in [0.15, 0.2) is 22.8 Å². The Kier molecular flexibility index (Phi) is 6.67. The largest absolute Gasteiger partial charge is 0.440 e. The smallest absolute Gasteiger partial charge is 0.196 e. The van der Waals surface area contributed by atoms with Crippen molar-refractivity contribution < 1.29 is 8.81 Å². The van der Waals surface area contributed by atoms with Crippen molar-refractivity contribution in [3.05, 3.63) is 90.0 Å². The molecule has 8 heteroatoms. The highest BCUT2D eigenvalue weighted by atomic mass is 19.1. The Morgan fingerprint density at radius 2 is 1.82 bits per heavy atom. The van der Waals surface area contributed by atoms with Crippen molar-refractivity contribution in [3.63, 3.8) is 0 Å². The van der Waals surface area contributed by atoms with Crippen molar-refractivity contribution in [2.75, 3.05) is 18.4 Å². The number of aromatic nitrogens is 3. The zero-order valence-electron chi connectivity index (χ0n) is 18.7. The van der Waals surface area contributed by atoms with Gasteiger partial charge in [0, 0.05) is 50.1 Å². The van der Waals surface area contributed by atoms with E-state index < -0.39 is 0 Å². The van der Waals surface area contributed by atoms with Crippen molar-refractivity contribution in [2.24, 2.45) is 4.99 Å². The molecule has 2 N–H and O–H groups in total. The molecule has 0 spiro atoms. The molecule has 172 valence electrons. The molecular formula is C26H25FN6O. The van der Waals surface area contributed by atoms with Crippen LogP contribution in [0.25, 0.3) is 16.8 Å². The second-order valence-electron chi connectivity index (χ2n) is 7.99. The number of nitrogens with zero attached hydrogens (tertiary/aromatic N) is 4. The molecule has 0 aliphatic carbocycles. The summed E-state index contributed by atoms with van der Waals surface area (Å²) in [5, 5.41) is 6.55. The molecule has 0 saturated heterocycles. The van der Waals surface area contributed by atoms with E-state index >= 15 is 0 Å². The summed E-state index contributed by atoms with van der Waals surface area (Å²) in [7, 11) is 0. The Bertz CT molecular complexity index is 1330. The van der Waals surface area contributed by atoms with E-state index in [0.717, 1.165) is 37.2 Å². The van der Waals surface area contributed by atoms with Crippen LogP contribution in [-0.4, -0.2) is 33.8 Å². The molecular weight excluding hydrogens is 431 g/mol. The van der Waals surface area contributed by atoms with E-state index in [9.17, 15) is 4.39 Å². The van der Waals surface area contributed by atoms with Gasteiger partial charge in [0.25, 0.3) is 0 Å². The lowest BCUT2D eigenvalue weighted by molar-refractivity contribution is 0.516. The van der Waals surface area contributed by atoms with E-state index in [1.165, 1.54) is 11.8 Å². The van der Waals surface area contributed by atoms with Crippen LogP contribution in [0.3, 0.4) is 0 Å². The van der Waals surface area contributed by atoms with Crippen molar-refractivity contribution in [3.8, 4) is 0 Å². The maximum Gasteiger partial charge on any atom is 0.196 e. The molecule has 0 saturated carbocycles. The van der Waals surface area contributed by atoms with Gasteiger partial charge in [0.2, 0.25) is 0 Å². The van der Waals surface area contributed by atoms with Gasteiger partial charge in [-0.1, -0.05) is 36.4 Å². The van der Waals surface area contributed by atoms with Gasteiger partial charge in [-0.25, -0.2) is 14.4 Å². The van der Waals surface area contributed by atoms with Crippen molar-refractivity contribution >= 4 is 28.3 Å². The Labute approximate surface area is 196 Å². The first kappa shape index (κ1) is 21.9. The predicted octanol–water partition coefficient (Wildman–Crippen LogP) is 4.78. The SMILES string of the molecule is Fc1cccnc1CNc1nccc2oc(CCNCCC3=NC(c4ccccc4)=CC3)nc12. The predicted molar refractivity (Wildman–Crippen MR) is 131 cm³/mol. The van der Waals surface area contributed by atoms with E-state index in [1.54, 1.807) is 24.5 Å². The van der Waals surface area contributed by atoms with Crippen molar-refractivity contribution in [1.82, 2.24) is 20.3 Å². The van der Waals surface area contributed by atoms with E-state index in [2.05, 4.69) is 43.8 Å². The molecule has 3 aromatic heterocycles. The number of pyridine rings is 2. The Hall–Kier alpha value is -3.91. The van der Waals surface area contributed by atoms with E-state index in [1.807, 2.05) is 18.2 Å².